The van der Waals surface area contributed by atoms with Gasteiger partial charge in [0.1, 0.15) is 0 Å². The lowest BCUT2D eigenvalue weighted by Gasteiger charge is -2.08. The molecule has 0 radical (unpaired) electrons. The van der Waals surface area contributed by atoms with Crippen molar-refractivity contribution in [1.29, 1.82) is 0 Å². The molecule has 2 aromatic rings. The van der Waals surface area contributed by atoms with Crippen molar-refractivity contribution in [3.8, 4) is 0 Å². The zero-order chi connectivity index (χ0) is 18.1. The highest BCUT2D eigenvalue weighted by atomic mass is 32.2. The molecule has 0 aliphatic heterocycles. The molecule has 0 saturated heterocycles. The third-order valence-corrected chi connectivity index (χ3v) is 3.98. The molecule has 0 aliphatic rings. The second kappa shape index (κ2) is 6.57. The number of carbonyl (C=O) groups is 1. The first-order valence-corrected chi connectivity index (χ1v) is 7.89. The van der Waals surface area contributed by atoms with E-state index in [9.17, 15) is 30.8 Å². The van der Waals surface area contributed by atoms with Gasteiger partial charge in [0, 0.05) is 6.54 Å². The van der Waals surface area contributed by atoms with E-state index >= 15 is 0 Å². The van der Waals surface area contributed by atoms with E-state index in [-0.39, 0.29) is 17.5 Å². The van der Waals surface area contributed by atoms with Crippen LogP contribution in [0.2, 0.25) is 0 Å². The van der Waals surface area contributed by atoms with Gasteiger partial charge < -0.3 is 5.32 Å². The molecule has 0 spiro atoms. The summed E-state index contributed by atoms with van der Waals surface area (Å²) in [6, 6.07) is 5.29. The van der Waals surface area contributed by atoms with Crippen molar-refractivity contribution in [3.05, 3.63) is 64.7 Å². The SMILES string of the molecule is NS(=O)(=O)c1ccc(CNC(=O)c2cc(F)c(F)c(F)c2F)cc1. The summed E-state index contributed by atoms with van der Waals surface area (Å²) in [7, 11) is -3.87. The minimum Gasteiger partial charge on any atom is -0.348 e. The molecule has 1 amide bonds. The van der Waals surface area contributed by atoms with Crippen LogP contribution >= 0.6 is 0 Å². The van der Waals surface area contributed by atoms with Crippen LogP contribution in [0.5, 0.6) is 0 Å². The zero-order valence-corrected chi connectivity index (χ0v) is 12.6. The number of benzene rings is 2. The monoisotopic (exact) mass is 362 g/mol. The molecule has 3 N–H and O–H groups in total. The van der Waals surface area contributed by atoms with Crippen LogP contribution in [0.25, 0.3) is 0 Å². The van der Waals surface area contributed by atoms with Gasteiger partial charge in [-0.1, -0.05) is 12.1 Å². The normalized spacial score (nSPS) is 11.4. The maximum Gasteiger partial charge on any atom is 0.254 e. The van der Waals surface area contributed by atoms with E-state index in [0.29, 0.717) is 5.56 Å². The van der Waals surface area contributed by atoms with Gasteiger partial charge in [-0.05, 0) is 23.8 Å². The van der Waals surface area contributed by atoms with E-state index in [1.54, 1.807) is 0 Å². The average molecular weight is 362 g/mol. The van der Waals surface area contributed by atoms with Gasteiger partial charge in [-0.2, -0.15) is 0 Å². The number of nitrogens with one attached hydrogen (secondary N) is 1. The largest absolute Gasteiger partial charge is 0.348 e. The first kappa shape index (κ1) is 17.9. The number of halogens is 4. The molecule has 0 aliphatic carbocycles. The molecule has 0 unspecified atom stereocenters. The van der Waals surface area contributed by atoms with Crippen LogP contribution in [0.3, 0.4) is 0 Å². The highest BCUT2D eigenvalue weighted by Crippen LogP contribution is 2.18. The van der Waals surface area contributed by atoms with Crippen LogP contribution in [0.1, 0.15) is 15.9 Å². The third kappa shape index (κ3) is 3.71. The predicted molar refractivity (Wildman–Crippen MR) is 75.3 cm³/mol. The highest BCUT2D eigenvalue weighted by Gasteiger charge is 2.22. The number of hydrogen-bond donors (Lipinski definition) is 2. The molecular formula is C14H10F4N2O3S. The maximum absolute atomic E-state index is 13.5. The lowest BCUT2D eigenvalue weighted by atomic mass is 10.1. The van der Waals surface area contributed by atoms with Crippen molar-refractivity contribution in [1.82, 2.24) is 5.32 Å². The second-order valence-electron chi connectivity index (χ2n) is 4.72. The first-order valence-electron chi connectivity index (χ1n) is 6.34. The summed E-state index contributed by atoms with van der Waals surface area (Å²) < 4.78 is 74.7. The van der Waals surface area contributed by atoms with E-state index in [2.05, 4.69) is 5.32 Å². The van der Waals surface area contributed by atoms with Gasteiger partial charge in [-0.3, -0.25) is 4.79 Å². The van der Waals surface area contributed by atoms with Crippen molar-refractivity contribution in [2.75, 3.05) is 0 Å². The van der Waals surface area contributed by atoms with E-state index in [0.717, 1.165) is 0 Å². The van der Waals surface area contributed by atoms with Crippen LogP contribution in [0, 0.1) is 23.3 Å². The van der Waals surface area contributed by atoms with Gasteiger partial charge in [-0.15, -0.1) is 0 Å². The molecular weight excluding hydrogens is 352 g/mol. The van der Waals surface area contributed by atoms with Gasteiger partial charge in [0.2, 0.25) is 10.0 Å². The van der Waals surface area contributed by atoms with E-state index in [1.165, 1.54) is 24.3 Å². The highest BCUT2D eigenvalue weighted by molar-refractivity contribution is 7.89. The number of sulfonamides is 1. The van der Waals surface area contributed by atoms with Gasteiger partial charge in [0.15, 0.2) is 23.3 Å². The van der Waals surface area contributed by atoms with Gasteiger partial charge in [0.25, 0.3) is 5.91 Å². The van der Waals surface area contributed by atoms with Crippen molar-refractivity contribution < 1.29 is 30.8 Å². The molecule has 10 heteroatoms. The fraction of sp³-hybridized carbons (Fsp3) is 0.0714. The minimum atomic E-state index is -3.87. The molecule has 0 heterocycles. The van der Waals surface area contributed by atoms with Crippen molar-refractivity contribution in [2.24, 2.45) is 5.14 Å². The Balaban J connectivity index is 2.14. The Labute approximate surface area is 134 Å². The summed E-state index contributed by atoms with van der Waals surface area (Å²) in [4.78, 5) is 11.6. The summed E-state index contributed by atoms with van der Waals surface area (Å²) in [5.41, 5.74) is -0.577. The van der Waals surface area contributed by atoms with Crippen molar-refractivity contribution in [2.45, 2.75) is 11.4 Å². The van der Waals surface area contributed by atoms with Crippen molar-refractivity contribution >= 4 is 15.9 Å². The lowest BCUT2D eigenvalue weighted by Crippen LogP contribution is -2.25. The molecule has 0 saturated carbocycles. The Hall–Kier alpha value is -2.46. The minimum absolute atomic E-state index is 0.147. The molecule has 0 bridgehead atoms. The van der Waals surface area contributed by atoms with Gasteiger partial charge in [0.05, 0.1) is 10.5 Å². The molecule has 0 fully saturated rings. The van der Waals surface area contributed by atoms with Crippen molar-refractivity contribution in [3.63, 3.8) is 0 Å². The molecule has 2 rings (SSSR count). The number of primary sulfonamides is 1. The zero-order valence-electron chi connectivity index (χ0n) is 11.8. The van der Waals surface area contributed by atoms with E-state index in [1.807, 2.05) is 0 Å². The first-order chi connectivity index (χ1) is 11.1. The lowest BCUT2D eigenvalue weighted by molar-refractivity contribution is 0.0944. The summed E-state index contributed by atoms with van der Waals surface area (Å²) in [5.74, 6) is -8.77. The molecule has 5 nitrogen and oxygen atoms in total. The third-order valence-electron chi connectivity index (χ3n) is 3.05. The fourth-order valence-corrected chi connectivity index (χ4v) is 2.33. The van der Waals surface area contributed by atoms with Crippen LogP contribution in [0.15, 0.2) is 35.2 Å². The number of carbonyl (C=O) groups excluding carboxylic acids is 1. The predicted octanol–water partition coefficient (Wildman–Crippen LogP) is 1.82. The number of amides is 1. The van der Waals surface area contributed by atoms with Crippen LogP contribution in [-0.2, 0) is 16.6 Å². The fourth-order valence-electron chi connectivity index (χ4n) is 1.81. The average Bonchev–Trinajstić information content (AvgIpc) is 2.53. The van der Waals surface area contributed by atoms with E-state index in [4.69, 9.17) is 5.14 Å². The Kier molecular flexibility index (Phi) is 4.90. The Morgan fingerprint density at radius 2 is 1.58 bits per heavy atom. The van der Waals surface area contributed by atoms with Gasteiger partial charge >= 0.3 is 0 Å². The smallest absolute Gasteiger partial charge is 0.254 e. The number of nitrogens with two attached hydrogens (primary N) is 1. The molecule has 24 heavy (non-hydrogen) atoms. The topological polar surface area (TPSA) is 89.3 Å². The summed E-state index contributed by atoms with van der Waals surface area (Å²) in [5, 5.41) is 7.09. The van der Waals surface area contributed by atoms with Gasteiger partial charge in [-0.25, -0.2) is 31.1 Å². The molecule has 0 atom stereocenters. The summed E-state index contributed by atoms with van der Waals surface area (Å²) in [6.45, 7) is -0.191. The summed E-state index contributed by atoms with van der Waals surface area (Å²) in [6.07, 6.45) is 0. The Morgan fingerprint density at radius 1 is 1.00 bits per heavy atom. The van der Waals surface area contributed by atoms with Crippen LogP contribution < -0.4 is 10.5 Å². The molecule has 2 aromatic carbocycles. The molecule has 0 aromatic heterocycles. The maximum atomic E-state index is 13.5. The van der Waals surface area contributed by atoms with Crippen LogP contribution in [-0.4, -0.2) is 14.3 Å². The standard InChI is InChI=1S/C14H10F4N2O3S/c15-10-5-9(11(16)13(18)12(10)17)14(21)20-6-7-1-3-8(4-2-7)24(19,22)23/h1-5H,6H2,(H,20,21)(H2,19,22,23). The number of rotatable bonds is 4. The Bertz CT molecular complexity index is 899. The Morgan fingerprint density at radius 3 is 2.12 bits per heavy atom. The second-order valence-corrected chi connectivity index (χ2v) is 6.28. The quantitative estimate of drug-likeness (QED) is 0.494. The van der Waals surface area contributed by atoms with Crippen LogP contribution in [0.4, 0.5) is 17.6 Å². The summed E-state index contributed by atoms with van der Waals surface area (Å²) >= 11 is 0. The molecule has 128 valence electrons. The number of hydrogen-bond acceptors (Lipinski definition) is 3. The van der Waals surface area contributed by atoms with E-state index < -0.39 is 44.8 Å².